The molecule has 1 amide bonds. The number of aromatic nitrogens is 2. The third kappa shape index (κ3) is 3.00. The second-order valence-electron chi connectivity index (χ2n) is 6.55. The number of amides is 1. The van der Waals surface area contributed by atoms with Gasteiger partial charge in [0, 0.05) is 25.7 Å². The zero-order valence-electron chi connectivity index (χ0n) is 14.5. The van der Waals surface area contributed by atoms with Crippen LogP contribution in [0.15, 0.2) is 28.7 Å². The average molecular weight is 342 g/mol. The van der Waals surface area contributed by atoms with Gasteiger partial charge in [-0.3, -0.25) is 4.79 Å². The van der Waals surface area contributed by atoms with Crippen molar-refractivity contribution >= 4 is 11.6 Å². The molecule has 0 spiro atoms. The minimum absolute atomic E-state index is 0.112. The van der Waals surface area contributed by atoms with Crippen molar-refractivity contribution in [3.63, 3.8) is 0 Å². The number of nitrogens with zero attached hydrogens (tertiary/aromatic N) is 4. The van der Waals surface area contributed by atoms with Crippen LogP contribution in [0.4, 0.5) is 5.69 Å². The van der Waals surface area contributed by atoms with Crippen LogP contribution in [0.2, 0.25) is 0 Å². The number of morpholine rings is 1. The summed E-state index contributed by atoms with van der Waals surface area (Å²) in [7, 11) is 0. The van der Waals surface area contributed by atoms with Gasteiger partial charge in [0.1, 0.15) is 6.04 Å². The fourth-order valence-electron chi connectivity index (χ4n) is 3.60. The Morgan fingerprint density at radius 3 is 2.92 bits per heavy atom. The molecule has 7 nitrogen and oxygen atoms in total. The first-order chi connectivity index (χ1) is 12.1. The van der Waals surface area contributed by atoms with Gasteiger partial charge in [0.15, 0.2) is 6.10 Å². The predicted molar refractivity (Wildman–Crippen MR) is 91.3 cm³/mol. The quantitative estimate of drug-likeness (QED) is 0.846. The molecule has 3 heterocycles. The molecule has 132 valence electrons. The Bertz CT molecular complexity index is 775. The Balaban J connectivity index is 1.47. The summed E-state index contributed by atoms with van der Waals surface area (Å²) in [4.78, 5) is 17.1. The number of benzene rings is 1. The lowest BCUT2D eigenvalue weighted by molar-refractivity contribution is -0.141. The molecule has 2 aromatic rings. The van der Waals surface area contributed by atoms with E-state index in [1.807, 2.05) is 24.0 Å². The van der Waals surface area contributed by atoms with E-state index in [4.69, 9.17) is 9.15 Å². The van der Waals surface area contributed by atoms with Crippen LogP contribution >= 0.6 is 0 Å². The maximum atomic E-state index is 13.0. The molecule has 4 rings (SSSR count). The summed E-state index contributed by atoms with van der Waals surface area (Å²) in [6.07, 6.45) is 0.637. The molecular formula is C18H22N4O3. The number of carbonyl (C=O) groups is 1. The lowest BCUT2D eigenvalue weighted by atomic mass is 10.1. The zero-order chi connectivity index (χ0) is 17.4. The van der Waals surface area contributed by atoms with Gasteiger partial charge in [0.2, 0.25) is 17.7 Å². The molecule has 1 fully saturated rings. The van der Waals surface area contributed by atoms with Gasteiger partial charge in [-0.15, -0.1) is 10.2 Å². The Morgan fingerprint density at radius 1 is 1.28 bits per heavy atom. The van der Waals surface area contributed by atoms with Gasteiger partial charge in [-0.1, -0.05) is 18.2 Å². The van der Waals surface area contributed by atoms with E-state index in [0.717, 1.165) is 13.0 Å². The smallest absolute Gasteiger partial charge is 0.246 e. The monoisotopic (exact) mass is 342 g/mol. The molecule has 0 aliphatic carbocycles. The van der Waals surface area contributed by atoms with Crippen LogP contribution in [0, 0.1) is 6.92 Å². The second-order valence-corrected chi connectivity index (χ2v) is 6.55. The Hall–Kier alpha value is -2.41. The molecule has 2 atom stereocenters. The molecule has 0 N–H and O–H groups in total. The number of carbonyl (C=O) groups excluding carboxylic acids is 1. The van der Waals surface area contributed by atoms with Crippen molar-refractivity contribution in [1.82, 2.24) is 15.1 Å². The summed E-state index contributed by atoms with van der Waals surface area (Å²) < 4.78 is 11.2. The van der Waals surface area contributed by atoms with Crippen molar-refractivity contribution in [2.45, 2.75) is 32.4 Å². The predicted octanol–water partition coefficient (Wildman–Crippen LogP) is 1.73. The third-order valence-electron chi connectivity index (χ3n) is 4.94. The maximum absolute atomic E-state index is 13.0. The average Bonchev–Trinajstić information content (AvgIpc) is 3.27. The van der Waals surface area contributed by atoms with Crippen molar-refractivity contribution in [2.24, 2.45) is 0 Å². The van der Waals surface area contributed by atoms with Crippen LogP contribution in [0.5, 0.6) is 0 Å². The molecule has 2 aliphatic rings. The first-order valence-electron chi connectivity index (χ1n) is 8.68. The van der Waals surface area contributed by atoms with Crippen LogP contribution in [-0.2, 0) is 16.0 Å². The molecule has 7 heteroatoms. The first-order valence-corrected chi connectivity index (χ1v) is 8.68. The highest BCUT2D eigenvalue weighted by Gasteiger charge is 2.34. The van der Waals surface area contributed by atoms with Gasteiger partial charge in [-0.05, 0) is 25.0 Å². The van der Waals surface area contributed by atoms with Crippen LogP contribution in [0.25, 0.3) is 0 Å². The molecule has 0 radical (unpaired) electrons. The van der Waals surface area contributed by atoms with E-state index in [0.29, 0.717) is 31.5 Å². The summed E-state index contributed by atoms with van der Waals surface area (Å²) in [5.74, 6) is 1.06. The normalized spacial score (nSPS) is 21.3. The molecule has 1 saturated heterocycles. The largest absolute Gasteiger partial charge is 0.423 e. The SMILES string of the molecule is Cc1nnc([C@H]2CN(C(=O)[C@@H](C)N3CCc4ccccc43)CCO2)o1. The van der Waals surface area contributed by atoms with Gasteiger partial charge in [-0.2, -0.15) is 0 Å². The number of anilines is 1. The van der Waals surface area contributed by atoms with Gasteiger partial charge in [0.05, 0.1) is 13.2 Å². The lowest BCUT2D eigenvalue weighted by Gasteiger charge is -2.36. The molecule has 1 aromatic heterocycles. The summed E-state index contributed by atoms with van der Waals surface area (Å²) in [5.41, 5.74) is 2.48. The molecule has 1 aromatic carbocycles. The minimum Gasteiger partial charge on any atom is -0.423 e. The van der Waals surface area contributed by atoms with Crippen molar-refractivity contribution in [2.75, 3.05) is 31.1 Å². The van der Waals surface area contributed by atoms with Crippen LogP contribution in [-0.4, -0.2) is 53.3 Å². The van der Waals surface area contributed by atoms with Gasteiger partial charge in [-0.25, -0.2) is 0 Å². The fourth-order valence-corrected chi connectivity index (χ4v) is 3.60. The van der Waals surface area contributed by atoms with Gasteiger partial charge < -0.3 is 19.0 Å². The minimum atomic E-state index is -0.350. The number of hydrogen-bond donors (Lipinski definition) is 0. The Kier molecular flexibility index (Phi) is 4.17. The molecular weight excluding hydrogens is 320 g/mol. The van der Waals surface area contributed by atoms with Crippen molar-refractivity contribution < 1.29 is 13.9 Å². The highest BCUT2D eigenvalue weighted by Crippen LogP contribution is 2.30. The van der Waals surface area contributed by atoms with E-state index < -0.39 is 0 Å². The highest BCUT2D eigenvalue weighted by atomic mass is 16.5. The Morgan fingerprint density at radius 2 is 2.12 bits per heavy atom. The number of fused-ring (bicyclic) bond motifs is 1. The lowest BCUT2D eigenvalue weighted by Crippen LogP contribution is -2.51. The topological polar surface area (TPSA) is 71.7 Å². The van der Waals surface area contributed by atoms with E-state index in [1.165, 1.54) is 11.3 Å². The number of hydrogen-bond acceptors (Lipinski definition) is 6. The molecule has 25 heavy (non-hydrogen) atoms. The number of ether oxygens (including phenoxy) is 1. The van der Waals surface area contributed by atoms with Crippen LogP contribution < -0.4 is 4.90 Å². The summed E-state index contributed by atoms with van der Waals surface area (Å²) >= 11 is 0. The van der Waals surface area contributed by atoms with E-state index in [9.17, 15) is 4.79 Å². The third-order valence-corrected chi connectivity index (χ3v) is 4.94. The number of rotatable bonds is 3. The fraction of sp³-hybridized carbons (Fsp3) is 0.500. The van der Waals surface area contributed by atoms with Gasteiger partial charge >= 0.3 is 0 Å². The maximum Gasteiger partial charge on any atom is 0.246 e. The second kappa shape index (κ2) is 6.48. The van der Waals surface area contributed by atoms with Crippen molar-refractivity contribution in [1.29, 1.82) is 0 Å². The number of para-hydroxylation sites is 1. The molecule has 2 aliphatic heterocycles. The van der Waals surface area contributed by atoms with Crippen molar-refractivity contribution in [3.8, 4) is 0 Å². The zero-order valence-corrected chi connectivity index (χ0v) is 14.5. The van der Waals surface area contributed by atoms with Crippen LogP contribution in [0.3, 0.4) is 0 Å². The van der Waals surface area contributed by atoms with Gasteiger partial charge in [0.25, 0.3) is 0 Å². The summed E-state index contributed by atoms with van der Waals surface area (Å²) in [6, 6.07) is 8.10. The summed E-state index contributed by atoms with van der Waals surface area (Å²) in [6.45, 7) is 6.10. The van der Waals surface area contributed by atoms with E-state index in [-0.39, 0.29) is 18.1 Å². The highest BCUT2D eigenvalue weighted by molar-refractivity contribution is 5.86. The van der Waals surface area contributed by atoms with Crippen LogP contribution in [0.1, 0.15) is 30.4 Å². The molecule has 0 bridgehead atoms. The summed E-state index contributed by atoms with van der Waals surface area (Å²) in [5, 5.41) is 7.87. The molecule has 0 unspecified atom stereocenters. The van der Waals surface area contributed by atoms with Crippen molar-refractivity contribution in [3.05, 3.63) is 41.6 Å². The Labute approximate surface area is 146 Å². The standard InChI is InChI=1S/C18H22N4O3/c1-12(22-8-7-14-5-3-4-6-15(14)22)18(23)21-9-10-24-16(11-21)17-20-19-13(2)25-17/h3-6,12,16H,7-11H2,1-2H3/t12-,16-/m1/s1. The molecule has 0 saturated carbocycles. The van der Waals surface area contributed by atoms with E-state index in [2.05, 4.69) is 27.2 Å². The van der Waals surface area contributed by atoms with E-state index in [1.54, 1.807) is 6.92 Å². The van der Waals surface area contributed by atoms with E-state index >= 15 is 0 Å². The first kappa shape index (κ1) is 16.1. The number of aryl methyl sites for hydroxylation is 1.